The minimum Gasteiger partial charge on any atom is -0.467 e. The fourth-order valence-corrected chi connectivity index (χ4v) is 2.63. The van der Waals surface area contributed by atoms with E-state index in [2.05, 4.69) is 10.5 Å². The number of anilines is 1. The normalized spacial score (nSPS) is 10.5. The van der Waals surface area contributed by atoms with Crippen LogP contribution in [0.5, 0.6) is 0 Å². The summed E-state index contributed by atoms with van der Waals surface area (Å²) in [4.78, 5) is 26.8. The van der Waals surface area contributed by atoms with Crippen molar-refractivity contribution in [2.24, 2.45) is 0 Å². The second kappa shape index (κ2) is 7.69. The summed E-state index contributed by atoms with van der Waals surface area (Å²) >= 11 is 0. The predicted molar refractivity (Wildman–Crippen MR) is 94.5 cm³/mol. The zero-order valence-electron chi connectivity index (χ0n) is 14.6. The molecule has 0 aliphatic carbocycles. The Morgan fingerprint density at radius 1 is 1.12 bits per heavy atom. The minimum absolute atomic E-state index is 0.127. The molecule has 0 saturated carbocycles. The van der Waals surface area contributed by atoms with Crippen molar-refractivity contribution in [2.45, 2.75) is 20.4 Å². The maximum Gasteiger partial charge on any atom is 0.260 e. The van der Waals surface area contributed by atoms with E-state index in [-0.39, 0.29) is 24.9 Å². The molecule has 2 heterocycles. The molecule has 0 radical (unpaired) electrons. The molecule has 134 valence electrons. The minimum atomic E-state index is -0.333. The van der Waals surface area contributed by atoms with E-state index in [1.54, 1.807) is 38.1 Å². The van der Waals surface area contributed by atoms with Gasteiger partial charge in [0.15, 0.2) is 0 Å². The lowest BCUT2D eigenvalue weighted by molar-refractivity contribution is -0.117. The van der Waals surface area contributed by atoms with Crippen LogP contribution in [0.15, 0.2) is 57.7 Å². The fraction of sp³-hybridized carbons (Fsp3) is 0.211. The lowest BCUT2D eigenvalue weighted by atomic mass is 10.1. The van der Waals surface area contributed by atoms with Crippen LogP contribution in [0.25, 0.3) is 0 Å². The third kappa shape index (κ3) is 4.00. The number of nitrogens with zero attached hydrogens (tertiary/aromatic N) is 2. The van der Waals surface area contributed by atoms with E-state index in [9.17, 15) is 9.59 Å². The number of para-hydroxylation sites is 1. The van der Waals surface area contributed by atoms with E-state index in [0.717, 1.165) is 0 Å². The first-order valence-electron chi connectivity index (χ1n) is 8.14. The molecule has 0 unspecified atom stereocenters. The van der Waals surface area contributed by atoms with Crippen LogP contribution in [-0.4, -0.2) is 28.4 Å². The van der Waals surface area contributed by atoms with E-state index in [1.165, 1.54) is 11.2 Å². The molecule has 0 saturated heterocycles. The largest absolute Gasteiger partial charge is 0.467 e. The van der Waals surface area contributed by atoms with E-state index in [1.807, 2.05) is 18.2 Å². The lowest BCUT2D eigenvalue weighted by Crippen LogP contribution is -2.38. The predicted octanol–water partition coefficient (Wildman–Crippen LogP) is 3.17. The highest BCUT2D eigenvalue weighted by molar-refractivity contribution is 6.00. The zero-order valence-corrected chi connectivity index (χ0v) is 14.6. The number of hydrogen-bond acceptors (Lipinski definition) is 5. The molecule has 3 aromatic rings. The summed E-state index contributed by atoms with van der Waals surface area (Å²) in [6, 6.07) is 12.6. The number of amides is 2. The van der Waals surface area contributed by atoms with Crippen molar-refractivity contribution >= 4 is 17.5 Å². The number of carbonyl (C=O) groups is 2. The Bertz CT molecular complexity index is 865. The molecule has 26 heavy (non-hydrogen) atoms. The fourth-order valence-electron chi connectivity index (χ4n) is 2.63. The van der Waals surface area contributed by atoms with Crippen molar-refractivity contribution < 1.29 is 18.5 Å². The molecule has 1 N–H and O–H groups in total. The first-order chi connectivity index (χ1) is 12.5. The topological polar surface area (TPSA) is 88.6 Å². The lowest BCUT2D eigenvalue weighted by Gasteiger charge is -2.21. The van der Waals surface area contributed by atoms with Gasteiger partial charge in [-0.2, -0.15) is 0 Å². The second-order valence-electron chi connectivity index (χ2n) is 5.85. The summed E-state index contributed by atoms with van der Waals surface area (Å²) in [6.07, 6.45) is 1.53. The van der Waals surface area contributed by atoms with E-state index < -0.39 is 0 Å². The molecule has 0 spiro atoms. The van der Waals surface area contributed by atoms with Gasteiger partial charge in [-0.1, -0.05) is 23.4 Å². The standard InChI is InChI=1S/C19H19N3O4/c1-13-18(14(2)26-21-13)19(24)22(11-16-9-6-10-25-16)12-17(23)20-15-7-4-3-5-8-15/h3-10H,11-12H2,1-2H3,(H,20,23). The summed E-state index contributed by atoms with van der Waals surface area (Å²) in [7, 11) is 0. The van der Waals surface area contributed by atoms with Gasteiger partial charge in [-0.3, -0.25) is 9.59 Å². The number of benzene rings is 1. The number of aromatic nitrogens is 1. The van der Waals surface area contributed by atoms with Crippen LogP contribution in [0.2, 0.25) is 0 Å². The molecule has 2 aromatic heterocycles. The first kappa shape index (κ1) is 17.5. The van der Waals surface area contributed by atoms with Crippen molar-refractivity contribution in [1.82, 2.24) is 10.1 Å². The maximum absolute atomic E-state index is 13.0. The summed E-state index contributed by atoms with van der Waals surface area (Å²) in [5.74, 6) is 0.363. The highest BCUT2D eigenvalue weighted by Gasteiger charge is 2.26. The summed E-state index contributed by atoms with van der Waals surface area (Å²) in [6.45, 7) is 3.40. The third-order valence-corrected chi connectivity index (χ3v) is 3.85. The van der Waals surface area contributed by atoms with E-state index in [4.69, 9.17) is 8.94 Å². The Morgan fingerprint density at radius 2 is 1.88 bits per heavy atom. The molecule has 3 rings (SSSR count). The van der Waals surface area contributed by atoms with Crippen molar-refractivity contribution in [1.29, 1.82) is 0 Å². The van der Waals surface area contributed by atoms with Gasteiger partial charge >= 0.3 is 0 Å². The highest BCUT2D eigenvalue weighted by atomic mass is 16.5. The molecule has 0 fully saturated rings. The number of aryl methyl sites for hydroxylation is 2. The molecule has 1 aromatic carbocycles. The van der Waals surface area contributed by atoms with Crippen molar-refractivity contribution in [3.63, 3.8) is 0 Å². The van der Waals surface area contributed by atoms with Gasteiger partial charge in [0.2, 0.25) is 5.91 Å². The van der Waals surface area contributed by atoms with Gasteiger partial charge in [0.1, 0.15) is 23.6 Å². The summed E-state index contributed by atoms with van der Waals surface area (Å²) < 4.78 is 10.4. The third-order valence-electron chi connectivity index (χ3n) is 3.85. The highest BCUT2D eigenvalue weighted by Crippen LogP contribution is 2.17. The smallest absolute Gasteiger partial charge is 0.260 e. The molecular weight excluding hydrogens is 334 g/mol. The molecule has 7 nitrogen and oxygen atoms in total. The number of rotatable bonds is 6. The van der Waals surface area contributed by atoms with Crippen molar-refractivity contribution in [2.75, 3.05) is 11.9 Å². The van der Waals surface area contributed by atoms with Gasteiger partial charge in [-0.05, 0) is 38.1 Å². The molecule has 0 aliphatic rings. The van der Waals surface area contributed by atoms with Gasteiger partial charge in [-0.15, -0.1) is 0 Å². The second-order valence-corrected chi connectivity index (χ2v) is 5.85. The van der Waals surface area contributed by atoms with Crippen LogP contribution in [0.4, 0.5) is 5.69 Å². The van der Waals surface area contributed by atoms with E-state index in [0.29, 0.717) is 28.5 Å². The van der Waals surface area contributed by atoms with Crippen LogP contribution < -0.4 is 5.32 Å². The van der Waals surface area contributed by atoms with Gasteiger partial charge in [0.25, 0.3) is 5.91 Å². The molecular formula is C19H19N3O4. The molecule has 0 aliphatic heterocycles. The van der Waals surface area contributed by atoms with Gasteiger partial charge in [0, 0.05) is 5.69 Å². The average molecular weight is 353 g/mol. The summed E-state index contributed by atoms with van der Waals surface area (Å²) in [5.41, 5.74) is 1.52. The van der Waals surface area contributed by atoms with Crippen molar-refractivity contribution in [3.05, 3.63) is 71.5 Å². The zero-order chi connectivity index (χ0) is 18.5. The van der Waals surface area contributed by atoms with Crippen molar-refractivity contribution in [3.8, 4) is 0 Å². The number of hydrogen-bond donors (Lipinski definition) is 1. The van der Waals surface area contributed by atoms with Crippen LogP contribution >= 0.6 is 0 Å². The van der Waals surface area contributed by atoms with Gasteiger partial charge < -0.3 is 19.2 Å². The van der Waals surface area contributed by atoms with E-state index >= 15 is 0 Å². The quantitative estimate of drug-likeness (QED) is 0.735. The summed E-state index contributed by atoms with van der Waals surface area (Å²) in [5, 5.41) is 6.60. The number of carbonyl (C=O) groups excluding carboxylic acids is 2. The molecule has 7 heteroatoms. The van der Waals surface area contributed by atoms with Gasteiger partial charge in [0.05, 0.1) is 18.5 Å². The Morgan fingerprint density at radius 3 is 2.50 bits per heavy atom. The van der Waals surface area contributed by atoms with Crippen LogP contribution in [0.1, 0.15) is 27.6 Å². The Hall–Kier alpha value is -3.35. The van der Waals surface area contributed by atoms with Crippen LogP contribution in [-0.2, 0) is 11.3 Å². The Balaban J connectivity index is 1.79. The van der Waals surface area contributed by atoms with Crippen LogP contribution in [0, 0.1) is 13.8 Å². The maximum atomic E-state index is 13.0. The first-order valence-corrected chi connectivity index (χ1v) is 8.14. The Labute approximate surface area is 150 Å². The van der Waals surface area contributed by atoms with Gasteiger partial charge in [-0.25, -0.2) is 0 Å². The monoisotopic (exact) mass is 353 g/mol. The SMILES string of the molecule is Cc1noc(C)c1C(=O)N(CC(=O)Nc1ccccc1)Cc1ccco1. The Kier molecular flexibility index (Phi) is 5.17. The average Bonchev–Trinajstić information content (AvgIpc) is 3.24. The number of nitrogens with one attached hydrogen (secondary N) is 1. The molecule has 0 atom stereocenters. The number of furan rings is 1. The molecule has 0 bridgehead atoms. The molecule has 2 amide bonds. The van der Waals surface area contributed by atoms with Crippen LogP contribution in [0.3, 0.4) is 0 Å².